The van der Waals surface area contributed by atoms with Crippen LogP contribution in [0.5, 0.6) is 0 Å². The first kappa shape index (κ1) is 87.9. The Morgan fingerprint density at radius 3 is 1.41 bits per heavy atom. The molecule has 35 nitrogen and oxygen atoms in total. The van der Waals surface area contributed by atoms with Gasteiger partial charge < -0.3 is 107 Å². The molecule has 1 aliphatic rings. The third-order valence-electron chi connectivity index (χ3n) is 15.9. The first-order chi connectivity index (χ1) is 46.0. The number of nitrogens with two attached hydrogens (primary N) is 5. The Labute approximate surface area is 573 Å². The molecule has 558 valence electrons. The maximum absolute atomic E-state index is 14.3. The highest BCUT2D eigenvalue weighted by Gasteiger charge is 2.41. The molecule has 1 saturated heterocycles. The molecule has 0 aromatic heterocycles. The number of aliphatic carboxylic acids is 2. The van der Waals surface area contributed by atoms with Crippen LogP contribution in [0.4, 0.5) is 0 Å². The molecule has 13 amide bonds. The van der Waals surface area contributed by atoms with Gasteiger partial charge in [-0.2, -0.15) is 0 Å². The predicted molar refractivity (Wildman–Crippen MR) is 358 cm³/mol. The number of likely N-dealkylation sites (tertiary alicyclic amines) is 1. The number of aliphatic hydroxyl groups is 1. The maximum Gasteiger partial charge on any atom is 0.326 e. The van der Waals surface area contributed by atoms with Crippen LogP contribution in [0.1, 0.15) is 171 Å². The lowest BCUT2D eigenvalue weighted by atomic mass is 10.0. The van der Waals surface area contributed by atoms with Gasteiger partial charge in [-0.05, 0) is 140 Å². The van der Waals surface area contributed by atoms with Crippen molar-refractivity contribution in [1.29, 1.82) is 0 Å². The number of carbonyl (C=O) groups is 15. The maximum atomic E-state index is 14.3. The summed E-state index contributed by atoms with van der Waals surface area (Å²) in [4.78, 5) is 202. The third-order valence-corrected chi connectivity index (χ3v) is 15.9. The summed E-state index contributed by atoms with van der Waals surface area (Å²) in [7, 11) is 0. The molecule has 1 fully saturated rings. The SMILES string of the molecule is CC(C)C[C@H](NC(=O)CNC(=O)[C@@H]1CCCN1C(=O)[C@H](CC(C)C)NC(=O)[C@H](CO)NC(=O)[C@H](CCC(N)=O)NC(=O)[C@@H](N)CCCCN)C(=O)N[C@@H](C)C(=O)N[C@H](C(=O)N[C@@H](CCCCN)C(=O)N[C@@H](CC(=O)O)C(=O)N[C@@H](CC(C)C)C(=O)N[C@@H](CCCCN)C(=O)O)C(C)C. The summed E-state index contributed by atoms with van der Waals surface area (Å²) in [5.74, 6) is -15.4. The molecule has 0 radical (unpaired) electrons. The fourth-order valence-corrected chi connectivity index (χ4v) is 10.5. The smallest absolute Gasteiger partial charge is 0.326 e. The molecule has 12 atom stereocenters. The molecule has 0 spiro atoms. The van der Waals surface area contributed by atoms with Crippen LogP contribution < -0.4 is 87.2 Å². The van der Waals surface area contributed by atoms with Crippen molar-refractivity contribution in [2.75, 3.05) is 39.3 Å². The Bertz CT molecular complexity index is 2670. The summed E-state index contributed by atoms with van der Waals surface area (Å²) in [5.41, 5.74) is 28.1. The molecular formula is C63H113N17O18. The van der Waals surface area contributed by atoms with Crippen LogP contribution in [-0.4, -0.2) is 221 Å². The largest absolute Gasteiger partial charge is 0.481 e. The minimum absolute atomic E-state index is 0.00352. The molecule has 35 heteroatoms. The zero-order chi connectivity index (χ0) is 74.5. The van der Waals surface area contributed by atoms with Crippen LogP contribution in [0.25, 0.3) is 0 Å². The van der Waals surface area contributed by atoms with Crippen molar-refractivity contribution >= 4 is 88.7 Å². The zero-order valence-corrected chi connectivity index (χ0v) is 58.3. The van der Waals surface area contributed by atoms with E-state index < -0.39 is 187 Å². The van der Waals surface area contributed by atoms with E-state index in [9.17, 15) is 87.2 Å². The number of hydrogen-bond donors (Lipinski definition) is 19. The molecule has 24 N–H and O–H groups in total. The normalized spacial score (nSPS) is 16.3. The molecule has 1 aliphatic heterocycles. The first-order valence-electron chi connectivity index (χ1n) is 33.8. The van der Waals surface area contributed by atoms with Gasteiger partial charge in [-0.1, -0.05) is 61.8 Å². The van der Waals surface area contributed by atoms with E-state index in [1.807, 2.05) is 0 Å². The van der Waals surface area contributed by atoms with Crippen LogP contribution in [0.2, 0.25) is 0 Å². The fraction of sp³-hybridized carbons (Fsp3) is 0.762. The number of carbonyl (C=O) groups excluding carboxylic acids is 13. The van der Waals surface area contributed by atoms with E-state index in [-0.39, 0.29) is 95.1 Å². The molecule has 0 bridgehead atoms. The van der Waals surface area contributed by atoms with Gasteiger partial charge in [0, 0.05) is 13.0 Å². The predicted octanol–water partition coefficient (Wildman–Crippen LogP) is -4.71. The van der Waals surface area contributed by atoms with Gasteiger partial charge in [0.25, 0.3) is 0 Å². The molecule has 0 aliphatic carbocycles. The average molecular weight is 1400 g/mol. The number of hydrogen-bond acceptors (Lipinski definition) is 20. The monoisotopic (exact) mass is 1400 g/mol. The first-order valence-corrected chi connectivity index (χ1v) is 33.8. The lowest BCUT2D eigenvalue weighted by Gasteiger charge is -2.30. The Kier molecular flexibility index (Phi) is 41.4. The van der Waals surface area contributed by atoms with Gasteiger partial charge in [-0.25, -0.2) is 4.79 Å². The molecule has 98 heavy (non-hydrogen) atoms. The van der Waals surface area contributed by atoms with Crippen LogP contribution in [0, 0.1) is 23.7 Å². The average Bonchev–Trinajstić information content (AvgIpc) is 1.59. The molecular weight excluding hydrogens is 1280 g/mol. The van der Waals surface area contributed by atoms with Crippen LogP contribution in [0.15, 0.2) is 0 Å². The number of carboxylic acids is 2. The molecule has 0 aromatic rings. The van der Waals surface area contributed by atoms with Crippen LogP contribution in [-0.2, 0) is 71.9 Å². The van der Waals surface area contributed by atoms with Crippen molar-refractivity contribution in [3.63, 3.8) is 0 Å². The fourth-order valence-electron chi connectivity index (χ4n) is 10.5. The quantitative estimate of drug-likeness (QED) is 0.0255. The van der Waals surface area contributed by atoms with Gasteiger partial charge in [-0.3, -0.25) is 67.1 Å². The van der Waals surface area contributed by atoms with Gasteiger partial charge in [-0.15, -0.1) is 0 Å². The summed E-state index contributed by atoms with van der Waals surface area (Å²) in [5, 5.41) is 57.2. The van der Waals surface area contributed by atoms with Crippen LogP contribution in [0.3, 0.4) is 0 Å². The van der Waals surface area contributed by atoms with E-state index in [0.29, 0.717) is 51.6 Å². The van der Waals surface area contributed by atoms with Crippen molar-refractivity contribution in [2.45, 2.75) is 244 Å². The van der Waals surface area contributed by atoms with Gasteiger partial charge in [0.15, 0.2) is 0 Å². The Morgan fingerprint density at radius 2 is 0.898 bits per heavy atom. The summed E-state index contributed by atoms with van der Waals surface area (Å²) < 4.78 is 0. The van der Waals surface area contributed by atoms with E-state index in [2.05, 4.69) is 58.5 Å². The Balaban J connectivity index is 3.23. The Hall–Kier alpha value is -8.15. The summed E-state index contributed by atoms with van der Waals surface area (Å²) in [6, 6.07) is -16.4. The van der Waals surface area contributed by atoms with Crippen LogP contribution >= 0.6 is 0 Å². The lowest BCUT2D eigenvalue weighted by Crippen LogP contribution is -2.60. The van der Waals surface area contributed by atoms with E-state index >= 15 is 0 Å². The van der Waals surface area contributed by atoms with Gasteiger partial charge >= 0.3 is 11.9 Å². The van der Waals surface area contributed by atoms with E-state index in [1.54, 1.807) is 55.4 Å². The highest BCUT2D eigenvalue weighted by molar-refractivity contribution is 6.00. The van der Waals surface area contributed by atoms with E-state index in [4.69, 9.17) is 28.7 Å². The zero-order valence-electron chi connectivity index (χ0n) is 58.3. The van der Waals surface area contributed by atoms with Crippen molar-refractivity contribution in [2.24, 2.45) is 52.3 Å². The molecule has 0 saturated carbocycles. The van der Waals surface area contributed by atoms with Gasteiger partial charge in [0.05, 0.1) is 25.6 Å². The topological polar surface area (TPSA) is 582 Å². The highest BCUT2D eigenvalue weighted by atomic mass is 16.4. The highest BCUT2D eigenvalue weighted by Crippen LogP contribution is 2.21. The van der Waals surface area contributed by atoms with E-state index in [1.165, 1.54) is 11.8 Å². The van der Waals surface area contributed by atoms with Gasteiger partial charge in [0.1, 0.15) is 66.5 Å². The second kappa shape index (κ2) is 46.2. The van der Waals surface area contributed by atoms with E-state index in [0.717, 1.165) is 0 Å². The number of rotatable bonds is 49. The molecule has 1 rings (SSSR count). The third kappa shape index (κ3) is 33.4. The molecule has 1 heterocycles. The second-order valence-electron chi connectivity index (χ2n) is 26.4. The van der Waals surface area contributed by atoms with Crippen molar-refractivity contribution in [3.8, 4) is 0 Å². The number of primary amides is 1. The standard InChI is InChI=1S/C63H113N17O18/c1-33(2)27-42(71-49(83)31-69-60(94)47-20-16-26-80(47)62(96)45(29-35(5)6)77-59(93)46(32-81)78-55(89)40(21-22-48(68)82)72-53(87)38(67)17-10-13-23-64)56(90)70-37(9)52(86)79-51(36(7)8)61(95)73-39(18-11-14-24-65)54(88)76-44(30-50(84)85)58(92)75-43(28-34(3)4)57(91)74-41(63(97)98)19-12-15-25-66/h33-47,51,81H,10-32,64-67H2,1-9H3,(H2,68,82)(H,69,94)(H,70,90)(H,71,83)(H,72,87)(H,73,95)(H,74,91)(H,75,92)(H,76,88)(H,77,93)(H,78,89)(H,79,86)(H,84,85)(H,97,98)/t37-,38-,39-,40-,41-,42-,43-,44-,45-,46-,47-,51-/m0/s1. The van der Waals surface area contributed by atoms with Gasteiger partial charge in [0.2, 0.25) is 76.8 Å². The number of amides is 13. The minimum Gasteiger partial charge on any atom is -0.481 e. The second-order valence-corrected chi connectivity index (χ2v) is 26.4. The number of unbranched alkanes of at least 4 members (excludes halogenated alkanes) is 3. The lowest BCUT2D eigenvalue weighted by molar-refractivity contribution is -0.143. The summed E-state index contributed by atoms with van der Waals surface area (Å²) >= 11 is 0. The number of carboxylic acid groups (broad SMARTS) is 2. The Morgan fingerprint density at radius 1 is 0.469 bits per heavy atom. The number of nitrogens with one attached hydrogen (secondary N) is 11. The van der Waals surface area contributed by atoms with Crippen molar-refractivity contribution in [1.82, 2.24) is 63.4 Å². The number of aliphatic hydroxyl groups excluding tert-OH is 1. The minimum atomic E-state index is -1.81. The molecule has 0 unspecified atom stereocenters. The summed E-state index contributed by atoms with van der Waals surface area (Å²) in [6.07, 6.45) is 1.84. The van der Waals surface area contributed by atoms with Crippen molar-refractivity contribution in [3.05, 3.63) is 0 Å². The summed E-state index contributed by atoms with van der Waals surface area (Å²) in [6.45, 7) is 14.3. The number of nitrogens with zero attached hydrogens (tertiary/aromatic N) is 1. The van der Waals surface area contributed by atoms with Crippen molar-refractivity contribution < 1.29 is 87.2 Å². The molecule has 0 aromatic carbocycles.